The van der Waals surface area contributed by atoms with Crippen LogP contribution in [0.1, 0.15) is 24.1 Å². The molecule has 0 bridgehead atoms. The average Bonchev–Trinajstić information content (AvgIpc) is 2.46. The molecule has 20 heavy (non-hydrogen) atoms. The summed E-state index contributed by atoms with van der Waals surface area (Å²) in [4.78, 5) is 0. The van der Waals surface area contributed by atoms with Crippen LogP contribution < -0.4 is 10.1 Å². The lowest BCUT2D eigenvalue weighted by molar-refractivity contribution is 0.382. The third kappa shape index (κ3) is 3.30. The number of halogens is 2. The van der Waals surface area contributed by atoms with Gasteiger partial charge < -0.3 is 10.1 Å². The first-order chi connectivity index (χ1) is 9.63. The highest BCUT2D eigenvalue weighted by atomic mass is 35.5. The second-order valence-electron chi connectivity index (χ2n) is 4.56. The van der Waals surface area contributed by atoms with Gasteiger partial charge >= 0.3 is 0 Å². The molecule has 0 aliphatic carbocycles. The lowest BCUT2D eigenvalue weighted by Crippen LogP contribution is -2.19. The zero-order chi connectivity index (χ0) is 14.5. The van der Waals surface area contributed by atoms with Crippen molar-refractivity contribution in [3.63, 3.8) is 0 Å². The molecule has 0 heterocycles. The Bertz CT molecular complexity index is 588. The summed E-state index contributed by atoms with van der Waals surface area (Å²) in [5.74, 6) is -0.0662. The number of nitrogens with one attached hydrogen (secondary N) is 1. The van der Waals surface area contributed by atoms with Crippen LogP contribution in [0.15, 0.2) is 42.5 Å². The first-order valence-corrected chi connectivity index (χ1v) is 6.80. The Morgan fingerprint density at radius 3 is 2.65 bits per heavy atom. The molecule has 0 saturated heterocycles. The maximum absolute atomic E-state index is 14.0. The number of hydrogen-bond donors (Lipinski definition) is 1. The van der Waals surface area contributed by atoms with Crippen LogP contribution >= 0.6 is 11.6 Å². The van der Waals surface area contributed by atoms with Gasteiger partial charge in [-0.1, -0.05) is 41.9 Å². The van der Waals surface area contributed by atoms with Crippen molar-refractivity contribution in [1.82, 2.24) is 5.32 Å². The highest BCUT2D eigenvalue weighted by Crippen LogP contribution is 2.24. The summed E-state index contributed by atoms with van der Waals surface area (Å²) < 4.78 is 19.0. The highest BCUT2D eigenvalue weighted by Gasteiger charge is 2.11. The topological polar surface area (TPSA) is 21.3 Å². The second-order valence-corrected chi connectivity index (χ2v) is 4.96. The van der Waals surface area contributed by atoms with Crippen molar-refractivity contribution in [1.29, 1.82) is 0 Å². The van der Waals surface area contributed by atoms with Crippen LogP contribution in [-0.4, -0.2) is 7.11 Å². The molecular formula is C16H17ClFNO. The van der Waals surface area contributed by atoms with Gasteiger partial charge in [-0.15, -0.1) is 0 Å². The molecule has 2 rings (SSSR count). The molecule has 0 fully saturated rings. The van der Waals surface area contributed by atoms with E-state index in [2.05, 4.69) is 5.32 Å². The minimum Gasteiger partial charge on any atom is -0.494 e. The number of benzene rings is 2. The molecule has 0 aromatic heterocycles. The van der Waals surface area contributed by atoms with E-state index in [1.807, 2.05) is 31.2 Å². The summed E-state index contributed by atoms with van der Waals surface area (Å²) >= 11 is 6.15. The van der Waals surface area contributed by atoms with E-state index in [9.17, 15) is 4.39 Å². The summed E-state index contributed by atoms with van der Waals surface area (Å²) in [7, 11) is 1.46. The Morgan fingerprint density at radius 2 is 1.95 bits per heavy atom. The van der Waals surface area contributed by atoms with Gasteiger partial charge in [0, 0.05) is 23.2 Å². The van der Waals surface area contributed by atoms with Gasteiger partial charge in [0.05, 0.1) is 7.11 Å². The average molecular weight is 294 g/mol. The molecule has 0 aliphatic heterocycles. The van der Waals surface area contributed by atoms with Crippen LogP contribution in [0.4, 0.5) is 4.39 Å². The summed E-state index contributed by atoms with van der Waals surface area (Å²) in [6.07, 6.45) is 0. The predicted molar refractivity (Wildman–Crippen MR) is 79.7 cm³/mol. The van der Waals surface area contributed by atoms with E-state index in [0.717, 1.165) is 5.56 Å². The molecule has 1 N–H and O–H groups in total. The number of rotatable bonds is 5. The Balaban J connectivity index is 2.08. The number of hydrogen-bond acceptors (Lipinski definition) is 2. The van der Waals surface area contributed by atoms with Gasteiger partial charge in [-0.05, 0) is 24.6 Å². The molecule has 0 aliphatic rings. The van der Waals surface area contributed by atoms with E-state index in [4.69, 9.17) is 16.3 Å². The normalized spacial score (nSPS) is 12.2. The fourth-order valence-corrected chi connectivity index (χ4v) is 2.35. The first-order valence-electron chi connectivity index (χ1n) is 6.42. The molecular weight excluding hydrogens is 277 g/mol. The molecule has 106 valence electrons. The summed E-state index contributed by atoms with van der Waals surface area (Å²) in [6, 6.07) is 12.8. The minimum absolute atomic E-state index is 0.0364. The van der Waals surface area contributed by atoms with Crippen molar-refractivity contribution in [3.8, 4) is 5.75 Å². The molecule has 4 heteroatoms. The van der Waals surface area contributed by atoms with Crippen LogP contribution in [0.25, 0.3) is 0 Å². The van der Waals surface area contributed by atoms with Crippen molar-refractivity contribution < 1.29 is 9.13 Å². The summed E-state index contributed by atoms with van der Waals surface area (Å²) in [5.41, 5.74) is 1.57. The lowest BCUT2D eigenvalue weighted by atomic mass is 10.1. The van der Waals surface area contributed by atoms with E-state index >= 15 is 0 Å². The van der Waals surface area contributed by atoms with Crippen molar-refractivity contribution in [3.05, 3.63) is 64.4 Å². The molecule has 0 unspecified atom stereocenters. The molecule has 2 nitrogen and oxygen atoms in total. The van der Waals surface area contributed by atoms with Crippen molar-refractivity contribution in [2.24, 2.45) is 0 Å². The fraction of sp³-hybridized carbons (Fsp3) is 0.250. The predicted octanol–water partition coefficient (Wildman–Crippen LogP) is 4.34. The van der Waals surface area contributed by atoms with Gasteiger partial charge in [-0.3, -0.25) is 0 Å². The summed E-state index contributed by atoms with van der Waals surface area (Å²) in [6.45, 7) is 2.41. The number of methoxy groups -OCH3 is 1. The zero-order valence-electron chi connectivity index (χ0n) is 11.5. The van der Waals surface area contributed by atoms with Gasteiger partial charge in [0.25, 0.3) is 0 Å². The minimum atomic E-state index is -0.325. The van der Waals surface area contributed by atoms with Crippen LogP contribution in [-0.2, 0) is 6.54 Å². The number of ether oxygens (including phenoxy) is 1. The maximum Gasteiger partial charge on any atom is 0.169 e. The second kappa shape index (κ2) is 6.73. The third-order valence-electron chi connectivity index (χ3n) is 3.23. The molecule has 0 spiro atoms. The van der Waals surface area contributed by atoms with E-state index in [0.29, 0.717) is 17.1 Å². The summed E-state index contributed by atoms with van der Waals surface area (Å²) in [5, 5.41) is 3.98. The van der Waals surface area contributed by atoms with Crippen LogP contribution in [0, 0.1) is 5.82 Å². The van der Waals surface area contributed by atoms with Gasteiger partial charge in [0.15, 0.2) is 11.6 Å². The quantitative estimate of drug-likeness (QED) is 0.885. The molecule has 0 amide bonds. The van der Waals surface area contributed by atoms with E-state index in [-0.39, 0.29) is 17.6 Å². The largest absolute Gasteiger partial charge is 0.494 e. The van der Waals surface area contributed by atoms with Crippen molar-refractivity contribution in [2.45, 2.75) is 19.5 Å². The third-order valence-corrected chi connectivity index (χ3v) is 3.58. The molecule has 2 aromatic carbocycles. The lowest BCUT2D eigenvalue weighted by Gasteiger charge is -2.16. The van der Waals surface area contributed by atoms with E-state index < -0.39 is 0 Å². The van der Waals surface area contributed by atoms with Crippen molar-refractivity contribution >= 4 is 11.6 Å². The van der Waals surface area contributed by atoms with E-state index in [1.165, 1.54) is 7.11 Å². The zero-order valence-corrected chi connectivity index (χ0v) is 12.2. The smallest absolute Gasteiger partial charge is 0.169 e. The van der Waals surface area contributed by atoms with Gasteiger partial charge in [0.2, 0.25) is 0 Å². The maximum atomic E-state index is 14.0. The molecule has 0 radical (unpaired) electrons. The molecule has 0 saturated carbocycles. The molecule has 2 aromatic rings. The monoisotopic (exact) mass is 293 g/mol. The molecule has 1 atom stereocenters. The van der Waals surface area contributed by atoms with Gasteiger partial charge in [0.1, 0.15) is 0 Å². The van der Waals surface area contributed by atoms with Gasteiger partial charge in [-0.25, -0.2) is 4.39 Å². The van der Waals surface area contributed by atoms with Crippen LogP contribution in [0.2, 0.25) is 5.02 Å². The van der Waals surface area contributed by atoms with E-state index in [1.54, 1.807) is 18.2 Å². The van der Waals surface area contributed by atoms with Crippen molar-refractivity contribution in [2.75, 3.05) is 7.11 Å². The SMILES string of the molecule is COc1cccc(CN[C@H](C)c2ccccc2Cl)c1F. The standard InChI is InChI=1S/C16H17ClFNO/c1-11(13-7-3-4-8-14(13)17)19-10-12-6-5-9-15(20-2)16(12)18/h3-9,11,19H,10H2,1-2H3/t11-/m1/s1. The Kier molecular flexibility index (Phi) is 4.99. The highest BCUT2D eigenvalue weighted by molar-refractivity contribution is 6.31. The van der Waals surface area contributed by atoms with Gasteiger partial charge in [-0.2, -0.15) is 0 Å². The van der Waals surface area contributed by atoms with Crippen LogP contribution in [0.3, 0.4) is 0 Å². The Morgan fingerprint density at radius 1 is 1.20 bits per heavy atom. The Labute approximate surface area is 123 Å². The fourth-order valence-electron chi connectivity index (χ4n) is 2.05. The Hall–Kier alpha value is -1.58. The first kappa shape index (κ1) is 14.8. The van der Waals surface area contributed by atoms with Crippen LogP contribution in [0.5, 0.6) is 5.75 Å².